The molecular formula is C21H19N3O5. The summed E-state index contributed by atoms with van der Waals surface area (Å²) in [6, 6.07) is 16.9. The fourth-order valence-electron chi connectivity index (χ4n) is 3.29. The van der Waals surface area contributed by atoms with E-state index in [0.29, 0.717) is 24.5 Å². The van der Waals surface area contributed by atoms with Crippen LogP contribution in [0.4, 0.5) is 17.1 Å². The van der Waals surface area contributed by atoms with Gasteiger partial charge in [0.1, 0.15) is 5.76 Å². The quantitative estimate of drug-likeness (QED) is 0.521. The molecule has 2 heterocycles. The van der Waals surface area contributed by atoms with Gasteiger partial charge in [0, 0.05) is 19.2 Å². The average molecular weight is 393 g/mol. The Morgan fingerprint density at radius 3 is 2.52 bits per heavy atom. The van der Waals surface area contributed by atoms with Gasteiger partial charge in [-0.3, -0.25) is 14.9 Å². The number of nitro groups is 1. The minimum Gasteiger partial charge on any atom is -0.451 e. The van der Waals surface area contributed by atoms with Gasteiger partial charge in [0.15, 0.2) is 5.76 Å². The van der Waals surface area contributed by atoms with Gasteiger partial charge in [-0.25, -0.2) is 0 Å². The van der Waals surface area contributed by atoms with Crippen LogP contribution in [0.3, 0.4) is 0 Å². The molecule has 0 bridgehead atoms. The standard InChI is InChI=1S/C21H19N3O5/c25-21(22-16-6-2-4-8-18(16)23-11-13-28-14-12-23)20-10-9-19(29-20)15-5-1-3-7-17(15)24(26)27/h1-10H,11-14H2,(H,22,25). The molecule has 0 radical (unpaired) electrons. The molecular weight excluding hydrogens is 374 g/mol. The molecule has 1 aliphatic heterocycles. The Hall–Kier alpha value is -3.65. The third kappa shape index (κ3) is 3.97. The van der Waals surface area contributed by atoms with Gasteiger partial charge in [0.05, 0.1) is 35.1 Å². The maximum atomic E-state index is 12.7. The van der Waals surface area contributed by atoms with Crippen molar-refractivity contribution in [2.45, 2.75) is 0 Å². The van der Waals surface area contributed by atoms with Crippen LogP contribution in [0.1, 0.15) is 10.6 Å². The summed E-state index contributed by atoms with van der Waals surface area (Å²) in [6.45, 7) is 2.77. The van der Waals surface area contributed by atoms with Crippen LogP contribution in [-0.4, -0.2) is 37.1 Å². The first-order valence-corrected chi connectivity index (χ1v) is 9.20. The van der Waals surface area contributed by atoms with E-state index in [1.165, 1.54) is 12.1 Å². The number of hydrogen-bond donors (Lipinski definition) is 1. The molecule has 1 amide bonds. The number of furan rings is 1. The van der Waals surface area contributed by atoms with Gasteiger partial charge in [0.2, 0.25) is 0 Å². The summed E-state index contributed by atoms with van der Waals surface area (Å²) >= 11 is 0. The lowest BCUT2D eigenvalue weighted by atomic mass is 10.1. The highest BCUT2D eigenvalue weighted by Gasteiger charge is 2.21. The first-order chi connectivity index (χ1) is 14.1. The van der Waals surface area contributed by atoms with Gasteiger partial charge in [-0.1, -0.05) is 24.3 Å². The van der Waals surface area contributed by atoms with Crippen molar-refractivity contribution in [1.29, 1.82) is 0 Å². The zero-order valence-electron chi connectivity index (χ0n) is 15.5. The van der Waals surface area contributed by atoms with E-state index in [1.807, 2.05) is 24.3 Å². The van der Waals surface area contributed by atoms with E-state index in [0.717, 1.165) is 18.8 Å². The van der Waals surface area contributed by atoms with Crippen molar-refractivity contribution in [2.24, 2.45) is 0 Å². The van der Waals surface area contributed by atoms with Gasteiger partial charge in [0.25, 0.3) is 11.6 Å². The molecule has 1 aliphatic rings. The second-order valence-corrected chi connectivity index (χ2v) is 6.51. The SMILES string of the molecule is O=C(Nc1ccccc1N1CCOCC1)c1ccc(-c2ccccc2[N+](=O)[O-])o1. The lowest BCUT2D eigenvalue weighted by Crippen LogP contribution is -2.36. The van der Waals surface area contributed by atoms with Crippen LogP contribution in [0.5, 0.6) is 0 Å². The van der Waals surface area contributed by atoms with Crippen molar-refractivity contribution in [3.63, 3.8) is 0 Å². The monoisotopic (exact) mass is 393 g/mol. The number of nitro benzene ring substituents is 1. The number of para-hydroxylation sites is 3. The maximum Gasteiger partial charge on any atom is 0.291 e. The number of hydrogen-bond acceptors (Lipinski definition) is 6. The molecule has 8 nitrogen and oxygen atoms in total. The fraction of sp³-hybridized carbons (Fsp3) is 0.190. The van der Waals surface area contributed by atoms with Gasteiger partial charge >= 0.3 is 0 Å². The van der Waals surface area contributed by atoms with Crippen molar-refractivity contribution in [3.8, 4) is 11.3 Å². The highest BCUT2D eigenvalue weighted by molar-refractivity contribution is 6.04. The third-order valence-electron chi connectivity index (χ3n) is 4.70. The molecule has 148 valence electrons. The number of anilines is 2. The van der Waals surface area contributed by atoms with E-state index in [9.17, 15) is 14.9 Å². The van der Waals surface area contributed by atoms with Crippen LogP contribution in [0.2, 0.25) is 0 Å². The van der Waals surface area contributed by atoms with Crippen LogP contribution in [0.15, 0.2) is 65.1 Å². The zero-order valence-corrected chi connectivity index (χ0v) is 15.5. The lowest BCUT2D eigenvalue weighted by molar-refractivity contribution is -0.384. The number of carbonyl (C=O) groups is 1. The minimum atomic E-state index is -0.476. The van der Waals surface area contributed by atoms with Crippen molar-refractivity contribution in [1.82, 2.24) is 0 Å². The normalized spacial score (nSPS) is 13.9. The van der Waals surface area contributed by atoms with E-state index < -0.39 is 10.8 Å². The molecule has 0 atom stereocenters. The predicted molar refractivity (Wildman–Crippen MR) is 108 cm³/mol. The molecule has 1 saturated heterocycles. The van der Waals surface area contributed by atoms with E-state index in [1.54, 1.807) is 24.3 Å². The first kappa shape index (κ1) is 18.7. The number of ether oxygens (including phenoxy) is 1. The van der Waals surface area contributed by atoms with Crippen molar-refractivity contribution in [2.75, 3.05) is 36.5 Å². The van der Waals surface area contributed by atoms with Crippen LogP contribution in [0.25, 0.3) is 11.3 Å². The largest absolute Gasteiger partial charge is 0.451 e. The summed E-state index contributed by atoms with van der Waals surface area (Å²) < 4.78 is 11.0. The zero-order chi connectivity index (χ0) is 20.2. The number of rotatable bonds is 5. The molecule has 0 spiro atoms. The summed E-state index contributed by atoms with van der Waals surface area (Å²) in [5.74, 6) is -0.0746. The Bertz CT molecular complexity index is 1040. The van der Waals surface area contributed by atoms with Crippen LogP contribution >= 0.6 is 0 Å². The molecule has 2 aromatic carbocycles. The van der Waals surface area contributed by atoms with Crippen LogP contribution in [-0.2, 0) is 4.74 Å². The van der Waals surface area contributed by atoms with Crippen LogP contribution in [0, 0.1) is 10.1 Å². The Kier molecular flexibility index (Phi) is 5.26. The molecule has 4 rings (SSSR count). The third-order valence-corrected chi connectivity index (χ3v) is 4.70. The van der Waals surface area contributed by atoms with Gasteiger partial charge in [-0.15, -0.1) is 0 Å². The molecule has 0 unspecified atom stereocenters. The summed E-state index contributed by atoms with van der Waals surface area (Å²) in [5.41, 5.74) is 1.83. The van der Waals surface area contributed by atoms with Gasteiger partial charge in [-0.05, 0) is 30.3 Å². The number of benzene rings is 2. The number of nitrogens with zero attached hydrogens (tertiary/aromatic N) is 2. The molecule has 1 aromatic heterocycles. The smallest absolute Gasteiger partial charge is 0.291 e. The Morgan fingerprint density at radius 1 is 1.00 bits per heavy atom. The second kappa shape index (κ2) is 8.15. The molecule has 0 saturated carbocycles. The number of amides is 1. The first-order valence-electron chi connectivity index (χ1n) is 9.20. The number of carbonyl (C=O) groups excluding carboxylic acids is 1. The fourth-order valence-corrected chi connectivity index (χ4v) is 3.29. The Labute approximate surface area is 166 Å². The summed E-state index contributed by atoms with van der Waals surface area (Å²) in [6.07, 6.45) is 0. The minimum absolute atomic E-state index is 0.0773. The van der Waals surface area contributed by atoms with Crippen molar-refractivity contribution >= 4 is 23.0 Å². The number of morpholine rings is 1. The Morgan fingerprint density at radius 2 is 1.72 bits per heavy atom. The lowest BCUT2D eigenvalue weighted by Gasteiger charge is -2.30. The summed E-state index contributed by atoms with van der Waals surface area (Å²) in [7, 11) is 0. The molecule has 8 heteroatoms. The van der Waals surface area contributed by atoms with Crippen molar-refractivity contribution < 1.29 is 18.9 Å². The van der Waals surface area contributed by atoms with E-state index >= 15 is 0 Å². The van der Waals surface area contributed by atoms with E-state index in [2.05, 4.69) is 10.2 Å². The highest BCUT2D eigenvalue weighted by Crippen LogP contribution is 2.32. The maximum absolute atomic E-state index is 12.7. The number of nitrogens with one attached hydrogen (secondary N) is 1. The molecule has 1 fully saturated rings. The highest BCUT2D eigenvalue weighted by atomic mass is 16.6. The van der Waals surface area contributed by atoms with Crippen LogP contribution < -0.4 is 10.2 Å². The van der Waals surface area contributed by atoms with Gasteiger partial charge < -0.3 is 19.4 Å². The topological polar surface area (TPSA) is 97.9 Å². The molecule has 0 aliphatic carbocycles. The average Bonchev–Trinajstić information content (AvgIpc) is 3.25. The van der Waals surface area contributed by atoms with E-state index in [4.69, 9.17) is 9.15 Å². The molecule has 3 aromatic rings. The van der Waals surface area contributed by atoms with Crippen molar-refractivity contribution in [3.05, 3.63) is 76.5 Å². The Balaban J connectivity index is 1.56. The summed E-state index contributed by atoms with van der Waals surface area (Å²) in [5, 5.41) is 14.1. The molecule has 1 N–H and O–H groups in total. The predicted octanol–water partition coefficient (Wildman–Crippen LogP) is 3.94. The second-order valence-electron chi connectivity index (χ2n) is 6.51. The van der Waals surface area contributed by atoms with E-state index in [-0.39, 0.29) is 17.2 Å². The molecule has 29 heavy (non-hydrogen) atoms. The summed E-state index contributed by atoms with van der Waals surface area (Å²) in [4.78, 5) is 25.6. The van der Waals surface area contributed by atoms with Gasteiger partial charge in [-0.2, -0.15) is 0 Å².